The molecule has 106 valence electrons. The van der Waals surface area contributed by atoms with E-state index in [4.69, 9.17) is 20.9 Å². The molecule has 0 aliphatic carbocycles. The molecule has 7 heteroatoms. The summed E-state index contributed by atoms with van der Waals surface area (Å²) in [5.41, 5.74) is 12.3. The summed E-state index contributed by atoms with van der Waals surface area (Å²) in [4.78, 5) is 0. The Balaban J connectivity index is 0. The van der Waals surface area contributed by atoms with Crippen LogP contribution in [0.1, 0.15) is 6.92 Å². The van der Waals surface area contributed by atoms with Gasteiger partial charge in [0.1, 0.15) is 18.5 Å². The number of hydrogen-bond donors (Lipinski definition) is 3. The molecule has 0 fully saturated rings. The lowest BCUT2D eigenvalue weighted by Gasteiger charge is -2.13. The van der Waals surface area contributed by atoms with E-state index in [2.05, 4.69) is 0 Å². The Morgan fingerprint density at radius 3 is 2.44 bits per heavy atom. The normalized spacial score (nSPS) is 11.0. The summed E-state index contributed by atoms with van der Waals surface area (Å²) in [6, 6.07) is 4.99. The predicted molar refractivity (Wildman–Crippen MR) is 77.8 cm³/mol. The monoisotopic (exact) mass is 298 g/mol. The van der Waals surface area contributed by atoms with E-state index in [9.17, 15) is 5.11 Å². The molecule has 5 N–H and O–H groups in total. The van der Waals surface area contributed by atoms with Gasteiger partial charge < -0.3 is 26.0 Å². The zero-order chi connectivity index (χ0) is 12.0. The van der Waals surface area contributed by atoms with Crippen LogP contribution in [0.2, 0.25) is 0 Å². The Kier molecular flexibility index (Phi) is 10.9. The van der Waals surface area contributed by atoms with Crippen molar-refractivity contribution in [2.45, 2.75) is 13.0 Å². The molecule has 18 heavy (non-hydrogen) atoms. The van der Waals surface area contributed by atoms with Crippen molar-refractivity contribution in [2.24, 2.45) is 0 Å². The van der Waals surface area contributed by atoms with Crippen LogP contribution < -0.4 is 16.2 Å². The molecule has 5 nitrogen and oxygen atoms in total. The van der Waals surface area contributed by atoms with Gasteiger partial charge in [0.15, 0.2) is 0 Å². The molecule has 0 spiro atoms. The molecule has 0 aliphatic rings. The summed E-state index contributed by atoms with van der Waals surface area (Å²) in [6.45, 7) is 2.84. The number of nitrogens with two attached hydrogens (primary N) is 2. The highest BCUT2D eigenvalue weighted by Crippen LogP contribution is 2.23. The van der Waals surface area contributed by atoms with Crippen molar-refractivity contribution >= 4 is 36.2 Å². The Bertz CT molecular complexity index is 340. The SMILES string of the molecule is CCOCC(O)COc1ccc(N)cc1N.Cl.Cl. The highest BCUT2D eigenvalue weighted by molar-refractivity contribution is 5.85. The first-order valence-electron chi connectivity index (χ1n) is 5.17. The Morgan fingerprint density at radius 2 is 1.89 bits per heavy atom. The van der Waals surface area contributed by atoms with Crippen molar-refractivity contribution in [3.63, 3.8) is 0 Å². The van der Waals surface area contributed by atoms with Crippen LogP contribution in [0.15, 0.2) is 18.2 Å². The molecule has 0 bridgehead atoms. The van der Waals surface area contributed by atoms with E-state index in [-0.39, 0.29) is 38.0 Å². The van der Waals surface area contributed by atoms with Gasteiger partial charge >= 0.3 is 0 Å². The van der Waals surface area contributed by atoms with Crippen molar-refractivity contribution in [3.05, 3.63) is 18.2 Å². The number of anilines is 2. The van der Waals surface area contributed by atoms with Crippen LogP contribution in [0.3, 0.4) is 0 Å². The molecule has 0 heterocycles. The van der Waals surface area contributed by atoms with Gasteiger partial charge in [-0.15, -0.1) is 24.8 Å². The molecule has 1 rings (SSSR count). The third-order valence-corrected chi connectivity index (χ3v) is 1.98. The van der Waals surface area contributed by atoms with E-state index >= 15 is 0 Å². The minimum Gasteiger partial charge on any atom is -0.489 e. The number of halogens is 2. The largest absolute Gasteiger partial charge is 0.489 e. The topological polar surface area (TPSA) is 90.7 Å². The number of aliphatic hydroxyl groups excluding tert-OH is 1. The van der Waals surface area contributed by atoms with Crippen LogP contribution in [0, 0.1) is 0 Å². The second-order valence-electron chi connectivity index (χ2n) is 3.42. The molecule has 1 aromatic carbocycles. The molecule has 0 aromatic heterocycles. The number of ether oxygens (including phenoxy) is 2. The van der Waals surface area contributed by atoms with E-state index in [0.717, 1.165) is 0 Å². The lowest BCUT2D eigenvalue weighted by atomic mass is 10.2. The summed E-state index contributed by atoms with van der Waals surface area (Å²) in [5, 5.41) is 9.47. The van der Waals surface area contributed by atoms with Crippen molar-refractivity contribution in [3.8, 4) is 5.75 Å². The first kappa shape index (κ1) is 19.5. The van der Waals surface area contributed by atoms with Gasteiger partial charge in [0.05, 0.1) is 12.3 Å². The van der Waals surface area contributed by atoms with Crippen molar-refractivity contribution < 1.29 is 14.6 Å². The number of rotatable bonds is 6. The number of nitrogen functional groups attached to an aromatic ring is 2. The van der Waals surface area contributed by atoms with E-state index < -0.39 is 6.10 Å². The third-order valence-electron chi connectivity index (χ3n) is 1.98. The summed E-state index contributed by atoms with van der Waals surface area (Å²) >= 11 is 0. The average Bonchev–Trinajstić information content (AvgIpc) is 2.25. The highest BCUT2D eigenvalue weighted by Gasteiger charge is 2.06. The Hall–Kier alpha value is -0.880. The molecule has 0 saturated heterocycles. The van der Waals surface area contributed by atoms with Crippen LogP contribution in [0.4, 0.5) is 11.4 Å². The van der Waals surface area contributed by atoms with E-state index in [1.54, 1.807) is 18.2 Å². The zero-order valence-corrected chi connectivity index (χ0v) is 11.8. The molecule has 1 unspecified atom stereocenters. The molecule has 0 radical (unpaired) electrons. The molecule has 1 atom stereocenters. The van der Waals surface area contributed by atoms with Gasteiger partial charge in [0.25, 0.3) is 0 Å². The minimum absolute atomic E-state index is 0. The second kappa shape index (κ2) is 10.1. The quantitative estimate of drug-likeness (QED) is 0.692. The van der Waals surface area contributed by atoms with Crippen LogP contribution >= 0.6 is 24.8 Å². The third kappa shape index (κ3) is 6.76. The van der Waals surface area contributed by atoms with Crippen LogP contribution in [0.25, 0.3) is 0 Å². The van der Waals surface area contributed by atoms with Crippen LogP contribution in [0.5, 0.6) is 5.75 Å². The van der Waals surface area contributed by atoms with Gasteiger partial charge in [-0.2, -0.15) is 0 Å². The highest BCUT2D eigenvalue weighted by atomic mass is 35.5. The molecule has 0 saturated carbocycles. The van der Waals surface area contributed by atoms with E-state index in [0.29, 0.717) is 23.7 Å². The molecule has 0 aliphatic heterocycles. The Morgan fingerprint density at radius 1 is 1.22 bits per heavy atom. The van der Waals surface area contributed by atoms with Gasteiger partial charge in [0.2, 0.25) is 0 Å². The van der Waals surface area contributed by atoms with Crippen molar-refractivity contribution in [1.29, 1.82) is 0 Å². The molecular formula is C11H20Cl2N2O3. The summed E-state index contributed by atoms with van der Waals surface area (Å²) in [5.74, 6) is 0.518. The summed E-state index contributed by atoms with van der Waals surface area (Å²) in [6.07, 6.45) is -0.656. The van der Waals surface area contributed by atoms with Crippen molar-refractivity contribution in [1.82, 2.24) is 0 Å². The first-order valence-corrected chi connectivity index (χ1v) is 5.17. The molecule has 1 aromatic rings. The van der Waals surface area contributed by atoms with Gasteiger partial charge in [-0.3, -0.25) is 0 Å². The van der Waals surface area contributed by atoms with Crippen LogP contribution in [-0.2, 0) is 4.74 Å². The fraction of sp³-hybridized carbons (Fsp3) is 0.455. The Labute approximate surface area is 119 Å². The smallest absolute Gasteiger partial charge is 0.142 e. The number of benzene rings is 1. The maximum Gasteiger partial charge on any atom is 0.142 e. The van der Waals surface area contributed by atoms with Crippen LogP contribution in [-0.4, -0.2) is 31.0 Å². The number of aliphatic hydroxyl groups is 1. The maximum absolute atomic E-state index is 9.47. The summed E-state index contributed by atoms with van der Waals surface area (Å²) in [7, 11) is 0. The second-order valence-corrected chi connectivity index (χ2v) is 3.42. The van der Waals surface area contributed by atoms with E-state index in [1.807, 2.05) is 6.92 Å². The van der Waals surface area contributed by atoms with Gasteiger partial charge in [-0.1, -0.05) is 0 Å². The lowest BCUT2D eigenvalue weighted by molar-refractivity contribution is 0.0166. The molecule has 0 amide bonds. The number of hydrogen-bond acceptors (Lipinski definition) is 5. The fourth-order valence-corrected chi connectivity index (χ4v) is 1.19. The fourth-order valence-electron chi connectivity index (χ4n) is 1.19. The van der Waals surface area contributed by atoms with Gasteiger partial charge in [-0.25, -0.2) is 0 Å². The minimum atomic E-state index is -0.656. The standard InChI is InChI=1S/C11H18N2O3.2ClH/c1-2-15-6-9(14)7-16-11-4-3-8(12)5-10(11)13;;/h3-5,9,14H,2,6-7,12-13H2,1H3;2*1H. The van der Waals surface area contributed by atoms with Crippen molar-refractivity contribution in [2.75, 3.05) is 31.3 Å². The first-order chi connectivity index (χ1) is 7.63. The lowest BCUT2D eigenvalue weighted by Crippen LogP contribution is -2.23. The van der Waals surface area contributed by atoms with Gasteiger partial charge in [0, 0.05) is 12.3 Å². The summed E-state index contributed by atoms with van der Waals surface area (Å²) < 4.78 is 10.4. The molecular weight excluding hydrogens is 279 g/mol. The average molecular weight is 299 g/mol. The maximum atomic E-state index is 9.47. The van der Waals surface area contributed by atoms with Gasteiger partial charge in [-0.05, 0) is 25.1 Å². The van der Waals surface area contributed by atoms with E-state index in [1.165, 1.54) is 0 Å². The predicted octanol–water partition coefficient (Wildman–Crippen LogP) is 1.47. The zero-order valence-electron chi connectivity index (χ0n) is 10.2.